The van der Waals surface area contributed by atoms with Crippen molar-refractivity contribution < 1.29 is 204 Å². The minimum Gasteiger partial charge on any atom is -0.394 e. The number of aliphatic hydroxyl groups excluding tert-OH is 26. The van der Waals surface area contributed by atoms with E-state index in [4.69, 9.17) is 71.1 Å². The van der Waals surface area contributed by atoms with Crippen LogP contribution in [0.5, 0.6) is 0 Å². The van der Waals surface area contributed by atoms with Crippen molar-refractivity contribution in [2.75, 3.05) is 52.9 Å². The van der Waals surface area contributed by atoms with Crippen molar-refractivity contribution >= 4 is 0 Å². The van der Waals surface area contributed by atoms with Gasteiger partial charge in [-0.2, -0.15) is 0 Å². The maximum atomic E-state index is 11.8. The standard InChI is InChI=1S/C48H82O41/c49-1-9-18(58)26(66)34(41(74)75-9)83-43-36(28(68)20(60)11(3-51)77-43)85-45-38(30(70)22(62)13(5-53)79-45)87-47-40(32(72)24(64)15(7-55)81-47)89-48-39(31(71)23(63)16(8-56)82-48)88-46-37(29(69)21(61)14(6-54)80-46)86-44-35(27(67)19(59)12(4-52)78-44)84-42-33(73)25(65)17(57)10(2-50)76-42/h9-74H,1-8H2/t9-,10-,11-,12-,13-,14-,15-,16-,17-,18-,19-,20-,21-,22-,23-,24-,25+,26+,27+,28+,29+,30+,31+,32+,33+,34+,35+,36+,37+,38+,39+,40+,41+,42+,43-,44+,45-,46+,47-,48+/m1/s1. The van der Waals surface area contributed by atoms with Gasteiger partial charge in [0.25, 0.3) is 0 Å². The summed E-state index contributed by atoms with van der Waals surface area (Å²) in [5.74, 6) is 0. The molecule has 0 amide bonds. The highest BCUT2D eigenvalue weighted by molar-refractivity contribution is 5.02. The first-order valence-corrected chi connectivity index (χ1v) is 28.2. The van der Waals surface area contributed by atoms with E-state index in [-0.39, 0.29) is 0 Å². The van der Waals surface area contributed by atoms with Crippen molar-refractivity contribution in [1.82, 2.24) is 0 Å². The highest BCUT2D eigenvalue weighted by Crippen LogP contribution is 2.40. The lowest BCUT2D eigenvalue weighted by Crippen LogP contribution is -2.69. The van der Waals surface area contributed by atoms with Crippen molar-refractivity contribution in [3.05, 3.63) is 0 Å². The Balaban J connectivity index is 1.10. The third-order valence-corrected chi connectivity index (χ3v) is 16.7. The predicted molar refractivity (Wildman–Crippen MR) is 264 cm³/mol. The Morgan fingerprint density at radius 3 is 0.539 bits per heavy atom. The van der Waals surface area contributed by atoms with Gasteiger partial charge in [-0.1, -0.05) is 0 Å². The molecule has 8 rings (SSSR count). The van der Waals surface area contributed by atoms with Crippen molar-refractivity contribution in [3.8, 4) is 0 Å². The Hall–Kier alpha value is -1.64. The van der Waals surface area contributed by atoms with Gasteiger partial charge >= 0.3 is 0 Å². The van der Waals surface area contributed by atoms with Crippen LogP contribution in [0.25, 0.3) is 0 Å². The van der Waals surface area contributed by atoms with Gasteiger partial charge in [0, 0.05) is 0 Å². The van der Waals surface area contributed by atoms with Gasteiger partial charge in [0.15, 0.2) is 50.3 Å². The smallest absolute Gasteiger partial charge is 0.187 e. The second-order valence-corrected chi connectivity index (χ2v) is 22.4. The molecule has 26 N–H and O–H groups in total. The lowest BCUT2D eigenvalue weighted by Gasteiger charge is -2.51. The Morgan fingerprint density at radius 2 is 0.326 bits per heavy atom. The fraction of sp³-hybridized carbons (Fsp3) is 1.00. The molecule has 89 heavy (non-hydrogen) atoms. The molecule has 0 radical (unpaired) electrons. The summed E-state index contributed by atoms with van der Waals surface area (Å²) >= 11 is 0. The SMILES string of the molecule is OC[C@H]1O[C@@H](O[C@@H]2[C@H](O[C@@H]3[C@H](O[C@@H]4[C@H](O[C@@H]5[C@@H](O[C@@H]6[C@@H](O[C@@H]7[C@@H](O[C@H]8[C@@H](O)[C@H](O)[C@@H](CO)O[C@@H]8O)O[C@H](CO)[C@@H](O)[C@@H]7O)O[C@H](CO)[C@@H](O)[C@@H]6O)O[C@H](CO)[C@@H](O)[C@@H]5O)O[C@H](CO)[C@@H](O)[C@@H]4O)O[C@H](CO)[C@@H](O)[C@@H]3O)O[C@H](CO)[C@@H](O)[C@@H]2O)[C@@H](O)[C@@H](O)[C@@H]1O. The number of aliphatic hydroxyl groups is 26. The minimum absolute atomic E-state index is 0.910. The number of ether oxygens (including phenoxy) is 15. The minimum atomic E-state index is -2.40. The molecule has 8 fully saturated rings. The fourth-order valence-electron chi connectivity index (χ4n) is 11.3. The van der Waals surface area contributed by atoms with Gasteiger partial charge in [0.05, 0.1) is 52.9 Å². The molecule has 40 atom stereocenters. The Bertz CT molecular complexity index is 2130. The van der Waals surface area contributed by atoms with Crippen molar-refractivity contribution in [1.29, 1.82) is 0 Å². The molecule has 0 saturated carbocycles. The number of hydrogen-bond donors (Lipinski definition) is 26. The van der Waals surface area contributed by atoms with Crippen LogP contribution < -0.4 is 0 Å². The molecule has 41 nitrogen and oxygen atoms in total. The van der Waals surface area contributed by atoms with Gasteiger partial charge in [-0.3, -0.25) is 0 Å². The lowest BCUT2D eigenvalue weighted by molar-refractivity contribution is -0.422. The molecule has 8 aliphatic heterocycles. The van der Waals surface area contributed by atoms with Crippen LogP contribution in [-0.4, -0.2) is 431 Å². The molecule has 0 aromatic carbocycles. The van der Waals surface area contributed by atoms with Crippen LogP contribution >= 0.6 is 0 Å². The Morgan fingerprint density at radius 1 is 0.169 bits per heavy atom. The Labute approximate surface area is 501 Å². The third kappa shape index (κ3) is 15.0. The second-order valence-electron chi connectivity index (χ2n) is 22.4. The molecular weight excluding hydrogens is 1230 g/mol. The zero-order valence-electron chi connectivity index (χ0n) is 46.5. The van der Waals surface area contributed by atoms with E-state index >= 15 is 0 Å². The van der Waals surface area contributed by atoms with E-state index in [1.165, 1.54) is 0 Å². The summed E-state index contributed by atoms with van der Waals surface area (Å²) < 4.78 is 86.5. The normalized spacial score (nSPS) is 53.6. The van der Waals surface area contributed by atoms with Crippen molar-refractivity contribution in [2.45, 2.75) is 246 Å². The van der Waals surface area contributed by atoms with Gasteiger partial charge in [-0.25, -0.2) is 0 Å². The maximum absolute atomic E-state index is 11.8. The number of rotatable bonds is 22. The van der Waals surface area contributed by atoms with Gasteiger partial charge in [-0.15, -0.1) is 0 Å². The van der Waals surface area contributed by atoms with Crippen LogP contribution in [0.1, 0.15) is 0 Å². The molecule has 520 valence electrons. The summed E-state index contributed by atoms with van der Waals surface area (Å²) in [4.78, 5) is 0. The van der Waals surface area contributed by atoms with Gasteiger partial charge in [0.2, 0.25) is 0 Å². The van der Waals surface area contributed by atoms with E-state index in [0.29, 0.717) is 0 Å². The van der Waals surface area contributed by atoms with E-state index in [1.807, 2.05) is 0 Å². The van der Waals surface area contributed by atoms with Crippen molar-refractivity contribution in [2.24, 2.45) is 0 Å². The molecule has 0 aromatic heterocycles. The zero-order valence-corrected chi connectivity index (χ0v) is 46.5. The first kappa shape index (κ1) is 73.2. The largest absolute Gasteiger partial charge is 0.394 e. The van der Waals surface area contributed by atoms with Crippen LogP contribution in [-0.2, 0) is 71.1 Å². The fourth-order valence-corrected chi connectivity index (χ4v) is 11.3. The molecular formula is C48H82O41. The molecule has 8 heterocycles. The van der Waals surface area contributed by atoms with Crippen LogP contribution in [0, 0.1) is 0 Å². The zero-order chi connectivity index (χ0) is 65.4. The van der Waals surface area contributed by atoms with Crippen LogP contribution in [0.4, 0.5) is 0 Å². The summed E-state index contributed by atoms with van der Waals surface area (Å²) in [6.07, 6.45) is -85.2. The lowest BCUT2D eigenvalue weighted by atomic mass is 9.95. The van der Waals surface area contributed by atoms with Gasteiger partial charge < -0.3 is 204 Å². The third-order valence-electron chi connectivity index (χ3n) is 16.7. The predicted octanol–water partition coefficient (Wildman–Crippen LogP) is -18.5. The summed E-state index contributed by atoms with van der Waals surface area (Å²) in [6.45, 7) is -8.53. The van der Waals surface area contributed by atoms with Crippen LogP contribution in [0.15, 0.2) is 0 Å². The summed E-state index contributed by atoms with van der Waals surface area (Å²) in [7, 11) is 0. The van der Waals surface area contributed by atoms with E-state index in [2.05, 4.69) is 0 Å². The average Bonchev–Trinajstić information content (AvgIpc) is 1.22. The number of hydrogen-bond acceptors (Lipinski definition) is 41. The molecule has 8 aliphatic rings. The van der Waals surface area contributed by atoms with E-state index in [9.17, 15) is 133 Å². The second kappa shape index (κ2) is 31.5. The summed E-state index contributed by atoms with van der Waals surface area (Å²) in [5.41, 5.74) is 0. The van der Waals surface area contributed by atoms with E-state index in [1.54, 1.807) is 0 Å². The molecule has 0 unspecified atom stereocenters. The quantitative estimate of drug-likeness (QED) is 0.0479. The van der Waals surface area contributed by atoms with Gasteiger partial charge in [-0.05, 0) is 0 Å². The molecule has 0 spiro atoms. The first-order chi connectivity index (χ1) is 42.2. The highest BCUT2D eigenvalue weighted by Gasteiger charge is 2.60. The van der Waals surface area contributed by atoms with E-state index in [0.717, 1.165) is 0 Å². The summed E-state index contributed by atoms with van der Waals surface area (Å²) in [5, 5.41) is 281. The topological polar surface area (TPSA) is 664 Å². The maximum Gasteiger partial charge on any atom is 0.187 e. The van der Waals surface area contributed by atoms with Crippen LogP contribution in [0.3, 0.4) is 0 Å². The molecule has 0 aliphatic carbocycles. The average molecular weight is 1320 g/mol. The highest BCUT2D eigenvalue weighted by atomic mass is 16.8. The molecule has 0 aromatic rings. The molecule has 0 bridgehead atoms. The first-order valence-electron chi connectivity index (χ1n) is 28.2. The monoisotopic (exact) mass is 1310 g/mol. The van der Waals surface area contributed by atoms with Crippen molar-refractivity contribution in [3.63, 3.8) is 0 Å². The van der Waals surface area contributed by atoms with Crippen LogP contribution in [0.2, 0.25) is 0 Å². The molecule has 41 heteroatoms. The Kier molecular flexibility index (Phi) is 25.9. The van der Waals surface area contributed by atoms with E-state index < -0.39 is 299 Å². The van der Waals surface area contributed by atoms with Gasteiger partial charge in [0.1, 0.15) is 195 Å². The summed E-state index contributed by atoms with van der Waals surface area (Å²) in [6, 6.07) is 0. The molecule has 8 saturated heterocycles.